The Morgan fingerprint density at radius 1 is 1.19 bits per heavy atom. The summed E-state index contributed by atoms with van der Waals surface area (Å²) in [5.74, 6) is -3.93. The summed E-state index contributed by atoms with van der Waals surface area (Å²) in [6.45, 7) is 0. The number of primary amides is 1. The number of hydrogen-bond donors (Lipinski definition) is 2. The van der Waals surface area contributed by atoms with Crippen molar-refractivity contribution in [3.63, 3.8) is 0 Å². The van der Waals surface area contributed by atoms with E-state index in [4.69, 9.17) is 11.5 Å². The molecule has 16 heavy (non-hydrogen) atoms. The molecule has 0 aliphatic carbocycles. The highest BCUT2D eigenvalue weighted by atomic mass is 19.2. The largest absolute Gasteiger partial charge is 0.370 e. The van der Waals surface area contributed by atoms with Crippen molar-refractivity contribution in [2.45, 2.75) is 18.9 Å². The van der Waals surface area contributed by atoms with Gasteiger partial charge in [-0.1, -0.05) is 0 Å². The van der Waals surface area contributed by atoms with Gasteiger partial charge in [0.15, 0.2) is 11.6 Å². The summed E-state index contributed by atoms with van der Waals surface area (Å²) in [5, 5.41) is 0. The van der Waals surface area contributed by atoms with Crippen molar-refractivity contribution in [3.05, 3.63) is 35.1 Å². The van der Waals surface area contributed by atoms with Gasteiger partial charge in [-0.15, -0.1) is 0 Å². The summed E-state index contributed by atoms with van der Waals surface area (Å²) < 4.78 is 38.5. The van der Waals surface area contributed by atoms with Crippen LogP contribution in [0.15, 0.2) is 12.1 Å². The highest BCUT2D eigenvalue weighted by molar-refractivity contribution is 5.74. The second kappa shape index (κ2) is 4.98. The fourth-order valence-electron chi connectivity index (χ4n) is 1.33. The molecule has 0 spiro atoms. The number of carbonyl (C=O) groups excluding carboxylic acids is 1. The van der Waals surface area contributed by atoms with Crippen LogP contribution >= 0.6 is 0 Å². The van der Waals surface area contributed by atoms with Crippen LogP contribution in [0.25, 0.3) is 0 Å². The van der Waals surface area contributed by atoms with Gasteiger partial charge in [0, 0.05) is 18.5 Å². The Balaban J connectivity index is 2.81. The number of amides is 1. The van der Waals surface area contributed by atoms with Crippen molar-refractivity contribution < 1.29 is 18.0 Å². The van der Waals surface area contributed by atoms with E-state index in [0.29, 0.717) is 6.07 Å². The molecule has 0 aliphatic rings. The van der Waals surface area contributed by atoms with Gasteiger partial charge in [-0.05, 0) is 18.1 Å². The Hall–Kier alpha value is -1.56. The maximum Gasteiger partial charge on any atom is 0.218 e. The molecule has 0 bridgehead atoms. The third-order valence-electron chi connectivity index (χ3n) is 2.03. The quantitative estimate of drug-likeness (QED) is 0.755. The monoisotopic (exact) mass is 232 g/mol. The zero-order valence-corrected chi connectivity index (χ0v) is 8.34. The number of carbonyl (C=O) groups is 1. The van der Waals surface area contributed by atoms with Gasteiger partial charge in [0.1, 0.15) is 5.82 Å². The summed E-state index contributed by atoms with van der Waals surface area (Å²) >= 11 is 0. The van der Waals surface area contributed by atoms with Gasteiger partial charge >= 0.3 is 0 Å². The Labute approximate surface area is 90.2 Å². The second-order valence-electron chi connectivity index (χ2n) is 3.49. The van der Waals surface area contributed by atoms with Crippen molar-refractivity contribution in [1.29, 1.82) is 0 Å². The van der Waals surface area contributed by atoms with E-state index in [2.05, 4.69) is 0 Å². The molecule has 1 rings (SSSR count). The molecule has 0 saturated heterocycles. The molecule has 0 heterocycles. The number of hydrogen-bond acceptors (Lipinski definition) is 2. The molecule has 0 aromatic heterocycles. The van der Waals surface area contributed by atoms with Crippen LogP contribution in [0.5, 0.6) is 0 Å². The highest BCUT2D eigenvalue weighted by Crippen LogP contribution is 2.15. The van der Waals surface area contributed by atoms with Crippen LogP contribution in [-0.4, -0.2) is 11.9 Å². The maximum absolute atomic E-state index is 13.1. The van der Waals surface area contributed by atoms with Crippen molar-refractivity contribution in [1.82, 2.24) is 0 Å². The van der Waals surface area contributed by atoms with Crippen LogP contribution in [0.3, 0.4) is 0 Å². The molecule has 0 fully saturated rings. The molecule has 88 valence electrons. The lowest BCUT2D eigenvalue weighted by atomic mass is 10.0. The molecule has 4 N–H and O–H groups in total. The molecular formula is C10H11F3N2O. The Kier molecular flexibility index (Phi) is 3.89. The zero-order chi connectivity index (χ0) is 12.3. The van der Waals surface area contributed by atoms with Gasteiger partial charge in [-0.2, -0.15) is 0 Å². The molecule has 6 heteroatoms. The number of halogens is 3. The van der Waals surface area contributed by atoms with Crippen molar-refractivity contribution in [2.75, 3.05) is 0 Å². The standard InChI is InChI=1S/C10H11F3N2O/c11-7-4-9(13)8(12)2-5(7)1-6(14)3-10(15)16/h2,4,6H,1,3,14H2,(H2,15,16). The molecule has 0 saturated carbocycles. The second-order valence-corrected chi connectivity index (χ2v) is 3.49. The smallest absolute Gasteiger partial charge is 0.218 e. The maximum atomic E-state index is 13.1. The zero-order valence-electron chi connectivity index (χ0n) is 8.34. The van der Waals surface area contributed by atoms with E-state index < -0.39 is 29.4 Å². The van der Waals surface area contributed by atoms with E-state index >= 15 is 0 Å². The molecule has 1 aromatic rings. The summed E-state index contributed by atoms with van der Waals surface area (Å²) in [4.78, 5) is 10.5. The predicted octanol–water partition coefficient (Wildman–Crippen LogP) is 0.849. The van der Waals surface area contributed by atoms with Crippen LogP contribution < -0.4 is 11.5 Å². The van der Waals surface area contributed by atoms with Gasteiger partial charge < -0.3 is 11.5 Å². The summed E-state index contributed by atoms with van der Waals surface area (Å²) in [7, 11) is 0. The van der Waals surface area contributed by atoms with Crippen LogP contribution in [-0.2, 0) is 11.2 Å². The van der Waals surface area contributed by atoms with Gasteiger partial charge in [-0.25, -0.2) is 13.2 Å². The van der Waals surface area contributed by atoms with E-state index in [-0.39, 0.29) is 18.4 Å². The number of rotatable bonds is 4. The van der Waals surface area contributed by atoms with E-state index in [0.717, 1.165) is 6.07 Å². The van der Waals surface area contributed by atoms with Crippen molar-refractivity contribution >= 4 is 5.91 Å². The Morgan fingerprint density at radius 3 is 2.31 bits per heavy atom. The average molecular weight is 232 g/mol. The predicted molar refractivity (Wildman–Crippen MR) is 51.8 cm³/mol. The first kappa shape index (κ1) is 12.5. The van der Waals surface area contributed by atoms with Crippen LogP contribution in [0, 0.1) is 17.5 Å². The number of benzene rings is 1. The van der Waals surface area contributed by atoms with E-state index in [1.165, 1.54) is 0 Å². The first-order valence-corrected chi connectivity index (χ1v) is 4.57. The Bertz CT molecular complexity index is 409. The van der Waals surface area contributed by atoms with Crippen molar-refractivity contribution in [3.8, 4) is 0 Å². The Morgan fingerprint density at radius 2 is 1.75 bits per heavy atom. The van der Waals surface area contributed by atoms with Gasteiger partial charge in [-0.3, -0.25) is 4.79 Å². The molecule has 1 unspecified atom stereocenters. The SMILES string of the molecule is NC(=O)CC(N)Cc1cc(F)c(F)cc1F. The molecule has 0 radical (unpaired) electrons. The van der Waals surface area contributed by atoms with Crippen LogP contribution in [0.1, 0.15) is 12.0 Å². The topological polar surface area (TPSA) is 69.1 Å². The van der Waals surface area contributed by atoms with Gasteiger partial charge in [0.25, 0.3) is 0 Å². The van der Waals surface area contributed by atoms with Gasteiger partial charge in [0.05, 0.1) is 0 Å². The van der Waals surface area contributed by atoms with Crippen molar-refractivity contribution in [2.24, 2.45) is 11.5 Å². The minimum absolute atomic E-state index is 0.0762. The molecular weight excluding hydrogens is 221 g/mol. The molecule has 1 amide bonds. The fraction of sp³-hybridized carbons (Fsp3) is 0.300. The third kappa shape index (κ3) is 3.23. The lowest BCUT2D eigenvalue weighted by Gasteiger charge is -2.10. The minimum Gasteiger partial charge on any atom is -0.370 e. The van der Waals surface area contributed by atoms with Crippen LogP contribution in [0.2, 0.25) is 0 Å². The average Bonchev–Trinajstić information content (AvgIpc) is 2.12. The fourth-order valence-corrected chi connectivity index (χ4v) is 1.33. The lowest BCUT2D eigenvalue weighted by molar-refractivity contribution is -0.118. The summed E-state index contributed by atoms with van der Waals surface area (Å²) in [5.41, 5.74) is 10.3. The first-order chi connectivity index (χ1) is 7.40. The lowest BCUT2D eigenvalue weighted by Crippen LogP contribution is -2.29. The van der Waals surface area contributed by atoms with Gasteiger partial charge in [0.2, 0.25) is 5.91 Å². The van der Waals surface area contributed by atoms with Crippen LogP contribution in [0.4, 0.5) is 13.2 Å². The van der Waals surface area contributed by atoms with E-state index in [1.54, 1.807) is 0 Å². The molecule has 1 atom stereocenters. The third-order valence-corrected chi connectivity index (χ3v) is 2.03. The van der Waals surface area contributed by atoms with E-state index in [1.807, 2.05) is 0 Å². The van der Waals surface area contributed by atoms with E-state index in [9.17, 15) is 18.0 Å². The minimum atomic E-state index is -1.26. The molecule has 3 nitrogen and oxygen atoms in total. The first-order valence-electron chi connectivity index (χ1n) is 4.57. The normalized spacial score (nSPS) is 12.5. The molecule has 0 aliphatic heterocycles. The summed E-state index contributed by atoms with van der Waals surface area (Å²) in [6.07, 6.45) is -0.218. The summed E-state index contributed by atoms with van der Waals surface area (Å²) in [6, 6.07) is 0.463. The highest BCUT2D eigenvalue weighted by Gasteiger charge is 2.14. The number of nitrogens with two attached hydrogens (primary N) is 2. The molecule has 1 aromatic carbocycles.